The maximum Gasteiger partial charge on any atom is -0.0159 e. The zero-order valence-electron chi connectivity index (χ0n) is 12.4. The van der Waals surface area contributed by atoms with E-state index in [0.29, 0.717) is 0 Å². The van der Waals surface area contributed by atoms with Crippen LogP contribution in [0.1, 0.15) is 44.9 Å². The molecule has 0 heteroatoms. The van der Waals surface area contributed by atoms with Crippen LogP contribution in [0.3, 0.4) is 0 Å². The lowest BCUT2D eigenvalue weighted by Gasteiger charge is -2.33. The lowest BCUT2D eigenvalue weighted by molar-refractivity contribution is 0.277. The minimum Gasteiger partial charge on any atom is -0.0882 e. The third-order valence-corrected chi connectivity index (χ3v) is 5.00. The smallest absolute Gasteiger partial charge is 0.0159 e. The Morgan fingerprint density at radius 2 is 1.95 bits per heavy atom. The van der Waals surface area contributed by atoms with Gasteiger partial charge in [-0.1, -0.05) is 60.3 Å². The Kier molecular flexibility index (Phi) is 4.73. The van der Waals surface area contributed by atoms with Crippen LogP contribution in [-0.2, 0) is 0 Å². The molecule has 3 aliphatic carbocycles. The predicted octanol–water partition coefficient (Wildman–Crippen LogP) is 5.76. The molecular weight excluding hydrogens is 240 g/mol. The Labute approximate surface area is 123 Å². The van der Waals surface area contributed by atoms with Crippen LogP contribution in [-0.4, -0.2) is 0 Å². The molecule has 3 rings (SSSR count). The normalized spacial score (nSPS) is 30.3. The van der Waals surface area contributed by atoms with Gasteiger partial charge < -0.3 is 0 Å². The van der Waals surface area contributed by atoms with Crippen LogP contribution in [0.2, 0.25) is 0 Å². The first-order valence-electron chi connectivity index (χ1n) is 8.28. The van der Waals surface area contributed by atoms with Crippen LogP contribution in [0.5, 0.6) is 0 Å². The average molecular weight is 266 g/mol. The van der Waals surface area contributed by atoms with Gasteiger partial charge >= 0.3 is 0 Å². The van der Waals surface area contributed by atoms with Crippen molar-refractivity contribution < 1.29 is 0 Å². The van der Waals surface area contributed by atoms with Crippen LogP contribution >= 0.6 is 0 Å². The van der Waals surface area contributed by atoms with E-state index in [1.807, 2.05) is 0 Å². The summed E-state index contributed by atoms with van der Waals surface area (Å²) in [5.41, 5.74) is 1.67. The van der Waals surface area contributed by atoms with Gasteiger partial charge in [0.1, 0.15) is 0 Å². The fraction of sp³-hybridized carbons (Fsp3) is 0.500. The minimum atomic E-state index is 0.736. The van der Waals surface area contributed by atoms with E-state index in [0.717, 1.165) is 17.8 Å². The summed E-state index contributed by atoms with van der Waals surface area (Å²) in [6.45, 7) is 0. The average Bonchev–Trinajstić information content (AvgIpc) is 2.55. The zero-order chi connectivity index (χ0) is 13.6. The second-order valence-corrected chi connectivity index (χ2v) is 6.40. The largest absolute Gasteiger partial charge is 0.0882 e. The summed E-state index contributed by atoms with van der Waals surface area (Å²) < 4.78 is 0. The molecule has 0 radical (unpaired) electrons. The van der Waals surface area contributed by atoms with Crippen molar-refractivity contribution in [1.29, 1.82) is 0 Å². The van der Waals surface area contributed by atoms with Gasteiger partial charge in [-0.2, -0.15) is 0 Å². The SMILES string of the molecule is C1=CCCC(CC(C2C=CC=CC2)C2C=CCCC2)=C1. The summed E-state index contributed by atoms with van der Waals surface area (Å²) in [4.78, 5) is 0. The molecule has 0 fully saturated rings. The minimum absolute atomic E-state index is 0.736. The molecule has 0 aromatic rings. The maximum atomic E-state index is 2.51. The van der Waals surface area contributed by atoms with Crippen LogP contribution < -0.4 is 0 Å². The van der Waals surface area contributed by atoms with Crippen LogP contribution in [0, 0.1) is 17.8 Å². The lowest BCUT2D eigenvalue weighted by Crippen LogP contribution is -2.24. The van der Waals surface area contributed by atoms with Gasteiger partial charge in [0.2, 0.25) is 0 Å². The van der Waals surface area contributed by atoms with Crippen LogP contribution in [0.4, 0.5) is 0 Å². The van der Waals surface area contributed by atoms with Gasteiger partial charge in [0.05, 0.1) is 0 Å². The molecule has 0 aromatic carbocycles. The number of hydrogen-bond acceptors (Lipinski definition) is 0. The Hall–Kier alpha value is -1.30. The second kappa shape index (κ2) is 6.92. The fourth-order valence-corrected chi connectivity index (χ4v) is 3.86. The first kappa shape index (κ1) is 13.7. The first-order valence-corrected chi connectivity index (χ1v) is 8.28. The van der Waals surface area contributed by atoms with Crippen molar-refractivity contribution in [3.05, 3.63) is 60.3 Å². The van der Waals surface area contributed by atoms with E-state index in [9.17, 15) is 0 Å². The molecule has 20 heavy (non-hydrogen) atoms. The monoisotopic (exact) mass is 266 g/mol. The Balaban J connectivity index is 1.75. The van der Waals surface area contributed by atoms with E-state index in [-0.39, 0.29) is 0 Å². The summed E-state index contributed by atoms with van der Waals surface area (Å²) in [6.07, 6.45) is 30.2. The second-order valence-electron chi connectivity index (χ2n) is 6.40. The molecule has 0 heterocycles. The van der Waals surface area contributed by atoms with Crippen LogP contribution in [0.25, 0.3) is 0 Å². The lowest BCUT2D eigenvalue weighted by atomic mass is 9.71. The third kappa shape index (κ3) is 3.42. The van der Waals surface area contributed by atoms with Crippen molar-refractivity contribution in [2.24, 2.45) is 17.8 Å². The van der Waals surface area contributed by atoms with E-state index >= 15 is 0 Å². The van der Waals surface area contributed by atoms with Gasteiger partial charge in [0.15, 0.2) is 0 Å². The highest BCUT2D eigenvalue weighted by molar-refractivity contribution is 5.20. The fourth-order valence-electron chi connectivity index (χ4n) is 3.86. The Bertz CT molecular complexity index is 456. The van der Waals surface area contributed by atoms with E-state index < -0.39 is 0 Å². The van der Waals surface area contributed by atoms with Crippen molar-refractivity contribution in [1.82, 2.24) is 0 Å². The first-order chi connectivity index (χ1) is 9.93. The molecule has 0 saturated carbocycles. The molecule has 0 aliphatic heterocycles. The summed E-state index contributed by atoms with van der Waals surface area (Å²) in [5, 5.41) is 0. The number of allylic oxidation sites excluding steroid dienone is 10. The highest BCUT2D eigenvalue weighted by atomic mass is 14.3. The molecule has 0 saturated heterocycles. The zero-order valence-corrected chi connectivity index (χ0v) is 12.4. The number of hydrogen-bond donors (Lipinski definition) is 0. The summed E-state index contributed by atoms with van der Waals surface area (Å²) in [5.74, 6) is 2.32. The predicted molar refractivity (Wildman–Crippen MR) is 87.4 cm³/mol. The van der Waals surface area contributed by atoms with Gasteiger partial charge in [0.25, 0.3) is 0 Å². The summed E-state index contributed by atoms with van der Waals surface area (Å²) >= 11 is 0. The topological polar surface area (TPSA) is 0 Å². The molecule has 106 valence electrons. The number of rotatable bonds is 4. The standard InChI is InChI=1S/C20H26/c1-4-10-17(11-5-1)16-20(18-12-6-2-7-13-18)19-14-8-3-9-15-19/h1-2,4,6-8,10,12,14,18-20H,3,5,9,11,13,15-16H2. The maximum absolute atomic E-state index is 2.51. The van der Waals surface area contributed by atoms with E-state index in [2.05, 4.69) is 54.7 Å². The van der Waals surface area contributed by atoms with Crippen molar-refractivity contribution in [3.63, 3.8) is 0 Å². The van der Waals surface area contributed by atoms with Gasteiger partial charge in [-0.3, -0.25) is 0 Å². The van der Waals surface area contributed by atoms with Crippen molar-refractivity contribution in [3.8, 4) is 0 Å². The van der Waals surface area contributed by atoms with Crippen molar-refractivity contribution in [2.75, 3.05) is 0 Å². The van der Waals surface area contributed by atoms with E-state index in [1.54, 1.807) is 5.57 Å². The Morgan fingerprint density at radius 3 is 2.65 bits per heavy atom. The summed E-state index contributed by atoms with van der Waals surface area (Å²) in [6, 6.07) is 0. The molecule has 0 nitrogen and oxygen atoms in total. The highest BCUT2D eigenvalue weighted by Crippen LogP contribution is 2.38. The van der Waals surface area contributed by atoms with E-state index in [1.165, 1.54) is 44.9 Å². The molecule has 3 atom stereocenters. The molecule has 3 aliphatic rings. The van der Waals surface area contributed by atoms with Gasteiger partial charge in [-0.05, 0) is 62.7 Å². The molecule has 0 amide bonds. The quantitative estimate of drug-likeness (QED) is 0.568. The van der Waals surface area contributed by atoms with Gasteiger partial charge in [-0.15, -0.1) is 0 Å². The molecule has 0 spiro atoms. The third-order valence-electron chi connectivity index (χ3n) is 5.00. The molecular formula is C20H26. The molecule has 0 aromatic heterocycles. The molecule has 0 N–H and O–H groups in total. The molecule has 3 unspecified atom stereocenters. The van der Waals surface area contributed by atoms with Crippen LogP contribution in [0.15, 0.2) is 60.3 Å². The van der Waals surface area contributed by atoms with Gasteiger partial charge in [-0.25, -0.2) is 0 Å². The van der Waals surface area contributed by atoms with Crippen molar-refractivity contribution in [2.45, 2.75) is 44.9 Å². The Morgan fingerprint density at radius 1 is 0.950 bits per heavy atom. The highest BCUT2D eigenvalue weighted by Gasteiger charge is 2.28. The summed E-state index contributed by atoms with van der Waals surface area (Å²) in [7, 11) is 0. The van der Waals surface area contributed by atoms with E-state index in [4.69, 9.17) is 0 Å². The molecule has 0 bridgehead atoms. The van der Waals surface area contributed by atoms with Crippen molar-refractivity contribution >= 4 is 0 Å². The van der Waals surface area contributed by atoms with Gasteiger partial charge in [0, 0.05) is 0 Å².